The number of nitrogens with zero attached hydrogens (tertiary/aromatic N) is 5. The molecule has 2 fully saturated rings. The SMILES string of the molecule is CN=C(NCCN1CCN(c2ncccn2)CC1)NC1CCC(C(C)C)CC1.I. The summed E-state index contributed by atoms with van der Waals surface area (Å²) in [5.41, 5.74) is 0. The summed E-state index contributed by atoms with van der Waals surface area (Å²) in [6.45, 7) is 10.7. The number of rotatable bonds is 6. The zero-order valence-electron chi connectivity index (χ0n) is 18.2. The second-order valence-corrected chi connectivity index (χ2v) is 8.38. The highest BCUT2D eigenvalue weighted by molar-refractivity contribution is 14.0. The number of anilines is 1. The summed E-state index contributed by atoms with van der Waals surface area (Å²) in [6.07, 6.45) is 8.81. The Kier molecular flexibility index (Phi) is 10.4. The third-order valence-corrected chi connectivity index (χ3v) is 6.21. The fourth-order valence-electron chi connectivity index (χ4n) is 4.28. The Morgan fingerprint density at radius 3 is 2.34 bits per heavy atom. The van der Waals surface area contributed by atoms with E-state index >= 15 is 0 Å². The first-order valence-electron chi connectivity index (χ1n) is 10.9. The van der Waals surface area contributed by atoms with Gasteiger partial charge in [-0.2, -0.15) is 0 Å². The molecule has 3 rings (SSSR count). The van der Waals surface area contributed by atoms with Crippen molar-refractivity contribution < 1.29 is 0 Å². The predicted octanol–water partition coefficient (Wildman–Crippen LogP) is 2.60. The van der Waals surface area contributed by atoms with Crippen LogP contribution in [0.2, 0.25) is 0 Å². The van der Waals surface area contributed by atoms with Gasteiger partial charge in [0, 0.05) is 64.8 Å². The third-order valence-electron chi connectivity index (χ3n) is 6.21. The Morgan fingerprint density at radius 2 is 1.76 bits per heavy atom. The van der Waals surface area contributed by atoms with E-state index in [-0.39, 0.29) is 24.0 Å². The largest absolute Gasteiger partial charge is 0.355 e. The number of hydrogen-bond acceptors (Lipinski definition) is 5. The maximum absolute atomic E-state index is 4.42. The summed E-state index contributed by atoms with van der Waals surface area (Å²) in [5.74, 6) is 3.50. The molecule has 0 radical (unpaired) electrons. The highest BCUT2D eigenvalue weighted by Gasteiger charge is 2.24. The number of aliphatic imine (C=N–C) groups is 1. The van der Waals surface area contributed by atoms with E-state index in [1.54, 1.807) is 0 Å². The molecule has 29 heavy (non-hydrogen) atoms. The molecule has 0 bridgehead atoms. The Balaban J connectivity index is 0.00000300. The first-order chi connectivity index (χ1) is 13.7. The standard InChI is InChI=1S/C21H37N7.HI/c1-17(2)18-5-7-19(8-6-18)26-20(22-3)23-11-12-27-13-15-28(16-14-27)21-24-9-4-10-25-21;/h4,9-10,17-19H,5-8,11-16H2,1-3H3,(H2,22,23,26);1H. The van der Waals surface area contributed by atoms with Crippen molar-refractivity contribution in [2.24, 2.45) is 16.8 Å². The molecule has 8 heteroatoms. The van der Waals surface area contributed by atoms with E-state index in [9.17, 15) is 0 Å². The van der Waals surface area contributed by atoms with E-state index in [0.717, 1.165) is 63.0 Å². The van der Waals surface area contributed by atoms with E-state index in [4.69, 9.17) is 0 Å². The van der Waals surface area contributed by atoms with Crippen molar-refractivity contribution in [1.29, 1.82) is 0 Å². The van der Waals surface area contributed by atoms with E-state index in [1.165, 1.54) is 25.7 Å². The summed E-state index contributed by atoms with van der Waals surface area (Å²) < 4.78 is 0. The van der Waals surface area contributed by atoms with Gasteiger partial charge in [-0.05, 0) is 43.6 Å². The lowest BCUT2D eigenvalue weighted by Gasteiger charge is -2.35. The van der Waals surface area contributed by atoms with Gasteiger partial charge in [0.2, 0.25) is 5.95 Å². The molecule has 1 saturated heterocycles. The van der Waals surface area contributed by atoms with Crippen LogP contribution in [0, 0.1) is 11.8 Å². The third kappa shape index (κ3) is 7.55. The van der Waals surface area contributed by atoms with E-state index in [2.05, 4.69) is 49.2 Å². The zero-order valence-corrected chi connectivity index (χ0v) is 20.5. The van der Waals surface area contributed by atoms with Gasteiger partial charge in [0.05, 0.1) is 0 Å². The number of guanidine groups is 1. The minimum atomic E-state index is 0. The predicted molar refractivity (Wildman–Crippen MR) is 131 cm³/mol. The summed E-state index contributed by atoms with van der Waals surface area (Å²) in [4.78, 5) is 17.9. The second-order valence-electron chi connectivity index (χ2n) is 8.38. The summed E-state index contributed by atoms with van der Waals surface area (Å²) >= 11 is 0. The maximum atomic E-state index is 4.42. The maximum Gasteiger partial charge on any atom is 0.225 e. The Labute approximate surface area is 193 Å². The van der Waals surface area contributed by atoms with Gasteiger partial charge in [-0.15, -0.1) is 24.0 Å². The molecule has 164 valence electrons. The van der Waals surface area contributed by atoms with Crippen LogP contribution in [0.4, 0.5) is 5.95 Å². The molecule has 0 atom stereocenters. The highest BCUT2D eigenvalue weighted by atomic mass is 127. The smallest absolute Gasteiger partial charge is 0.225 e. The lowest BCUT2D eigenvalue weighted by atomic mass is 9.80. The number of piperazine rings is 1. The van der Waals surface area contributed by atoms with Crippen molar-refractivity contribution in [1.82, 2.24) is 25.5 Å². The number of nitrogens with one attached hydrogen (secondary N) is 2. The fourth-order valence-corrected chi connectivity index (χ4v) is 4.28. The van der Waals surface area contributed by atoms with Crippen LogP contribution in [-0.2, 0) is 0 Å². The fraction of sp³-hybridized carbons (Fsp3) is 0.762. The van der Waals surface area contributed by atoms with E-state index < -0.39 is 0 Å². The number of hydrogen-bond donors (Lipinski definition) is 2. The van der Waals surface area contributed by atoms with Gasteiger partial charge in [-0.25, -0.2) is 9.97 Å². The van der Waals surface area contributed by atoms with Gasteiger partial charge in [0.1, 0.15) is 0 Å². The molecule has 2 heterocycles. The lowest BCUT2D eigenvalue weighted by molar-refractivity contribution is 0.248. The molecule has 0 spiro atoms. The second kappa shape index (κ2) is 12.5. The normalized spacial score (nSPS) is 23.6. The van der Waals surface area contributed by atoms with Crippen molar-refractivity contribution >= 4 is 35.9 Å². The van der Waals surface area contributed by atoms with Crippen LogP contribution in [0.25, 0.3) is 0 Å². The van der Waals surface area contributed by atoms with Gasteiger partial charge in [0.25, 0.3) is 0 Å². The summed E-state index contributed by atoms with van der Waals surface area (Å²) in [6, 6.07) is 2.43. The minimum Gasteiger partial charge on any atom is -0.355 e. The van der Waals surface area contributed by atoms with Crippen molar-refractivity contribution in [3.05, 3.63) is 18.5 Å². The molecule has 1 aliphatic heterocycles. The van der Waals surface area contributed by atoms with Crippen LogP contribution in [0.3, 0.4) is 0 Å². The van der Waals surface area contributed by atoms with Crippen molar-refractivity contribution in [3.8, 4) is 0 Å². The molecule has 0 aromatic carbocycles. The molecule has 7 nitrogen and oxygen atoms in total. The van der Waals surface area contributed by atoms with Crippen molar-refractivity contribution in [2.75, 3.05) is 51.2 Å². The molecule has 0 amide bonds. The molecule has 1 aromatic rings. The molecule has 1 aromatic heterocycles. The Bertz CT molecular complexity index is 594. The molecular formula is C21H38IN7. The Hall–Kier alpha value is -1.16. The zero-order chi connectivity index (χ0) is 19.8. The quantitative estimate of drug-likeness (QED) is 0.345. The minimum absolute atomic E-state index is 0. The van der Waals surface area contributed by atoms with Crippen molar-refractivity contribution in [2.45, 2.75) is 45.6 Å². The monoisotopic (exact) mass is 515 g/mol. The number of aromatic nitrogens is 2. The van der Waals surface area contributed by atoms with E-state index in [1.807, 2.05) is 25.5 Å². The van der Waals surface area contributed by atoms with Gasteiger partial charge < -0.3 is 15.5 Å². The van der Waals surface area contributed by atoms with Crippen molar-refractivity contribution in [3.63, 3.8) is 0 Å². The van der Waals surface area contributed by atoms with E-state index in [0.29, 0.717) is 6.04 Å². The first-order valence-corrected chi connectivity index (χ1v) is 10.9. The first kappa shape index (κ1) is 24.1. The van der Waals surface area contributed by atoms with Gasteiger partial charge in [0.15, 0.2) is 5.96 Å². The van der Waals surface area contributed by atoms with Crippen LogP contribution in [-0.4, -0.2) is 73.2 Å². The van der Waals surface area contributed by atoms with Crippen LogP contribution < -0.4 is 15.5 Å². The molecule has 2 N–H and O–H groups in total. The average molecular weight is 515 g/mol. The molecular weight excluding hydrogens is 477 g/mol. The van der Waals surface area contributed by atoms with Crippen LogP contribution in [0.15, 0.2) is 23.5 Å². The van der Waals surface area contributed by atoms with Gasteiger partial charge >= 0.3 is 0 Å². The molecule has 0 unspecified atom stereocenters. The molecule has 1 aliphatic carbocycles. The average Bonchev–Trinajstić information content (AvgIpc) is 2.74. The van der Waals surface area contributed by atoms with Gasteiger partial charge in [-0.3, -0.25) is 9.89 Å². The molecule has 2 aliphatic rings. The number of halogens is 1. The van der Waals surface area contributed by atoms with Crippen LogP contribution in [0.1, 0.15) is 39.5 Å². The lowest BCUT2D eigenvalue weighted by Crippen LogP contribution is -2.50. The summed E-state index contributed by atoms with van der Waals surface area (Å²) in [7, 11) is 1.87. The van der Waals surface area contributed by atoms with Gasteiger partial charge in [-0.1, -0.05) is 13.8 Å². The Morgan fingerprint density at radius 1 is 1.10 bits per heavy atom. The van der Waals surface area contributed by atoms with Crippen LogP contribution in [0.5, 0.6) is 0 Å². The summed E-state index contributed by atoms with van der Waals surface area (Å²) in [5, 5.41) is 7.13. The highest BCUT2D eigenvalue weighted by Crippen LogP contribution is 2.29. The van der Waals surface area contributed by atoms with Crippen LogP contribution >= 0.6 is 24.0 Å². The molecule has 1 saturated carbocycles. The topological polar surface area (TPSA) is 68.7 Å².